The van der Waals surface area contributed by atoms with E-state index in [0.717, 1.165) is 17.2 Å². The molecule has 1 nitrogen and oxygen atoms in total. The Balaban J connectivity index is 2.32. The fraction of sp³-hybridized carbons (Fsp3) is 0.294. The summed E-state index contributed by atoms with van der Waals surface area (Å²) in [5.41, 5.74) is 1.81. The van der Waals surface area contributed by atoms with Crippen LogP contribution >= 0.6 is 0 Å². The van der Waals surface area contributed by atoms with Crippen LogP contribution < -0.4 is 5.32 Å². The van der Waals surface area contributed by atoms with Gasteiger partial charge in [0.25, 0.3) is 0 Å². The van der Waals surface area contributed by atoms with Gasteiger partial charge in [0.1, 0.15) is 5.82 Å². The van der Waals surface area contributed by atoms with Crippen molar-refractivity contribution in [2.45, 2.75) is 26.3 Å². The van der Waals surface area contributed by atoms with Crippen molar-refractivity contribution in [1.82, 2.24) is 5.32 Å². The number of hydrogen-bond donors (Lipinski definition) is 1. The molecule has 112 valence electrons. The largest absolute Gasteiger partial charge is 0.310 e. The highest BCUT2D eigenvalue weighted by Gasteiger charge is 2.16. The molecule has 0 aliphatic rings. The van der Waals surface area contributed by atoms with Crippen molar-refractivity contribution in [3.05, 3.63) is 70.5 Å². The van der Waals surface area contributed by atoms with Gasteiger partial charge in [0.05, 0.1) is 0 Å². The number of aryl methyl sites for hydroxylation is 1. The van der Waals surface area contributed by atoms with Crippen molar-refractivity contribution in [2.75, 3.05) is 6.54 Å². The van der Waals surface area contributed by atoms with Gasteiger partial charge in [-0.1, -0.05) is 25.1 Å². The monoisotopic (exact) mass is 293 g/mol. The van der Waals surface area contributed by atoms with Crippen LogP contribution in [-0.4, -0.2) is 6.54 Å². The Kier molecular flexibility index (Phi) is 5.02. The molecule has 0 aromatic heterocycles. The zero-order chi connectivity index (χ0) is 15.4. The normalized spacial score (nSPS) is 12.4. The van der Waals surface area contributed by atoms with Gasteiger partial charge in [-0.25, -0.2) is 13.2 Å². The molecule has 4 heteroatoms. The average Bonchev–Trinajstić information content (AvgIpc) is 2.42. The maximum Gasteiger partial charge on any atom is 0.162 e. The van der Waals surface area contributed by atoms with E-state index < -0.39 is 11.6 Å². The number of rotatable bonds is 5. The van der Waals surface area contributed by atoms with Crippen molar-refractivity contribution in [2.24, 2.45) is 0 Å². The SMILES string of the molecule is CCNC(Cc1cccc(F)c1F)c1cc(C)cc(F)c1. The van der Waals surface area contributed by atoms with Gasteiger partial charge in [-0.15, -0.1) is 0 Å². The molecule has 1 atom stereocenters. The van der Waals surface area contributed by atoms with Crippen LogP contribution in [0.25, 0.3) is 0 Å². The minimum Gasteiger partial charge on any atom is -0.310 e. The van der Waals surface area contributed by atoms with Crippen molar-refractivity contribution < 1.29 is 13.2 Å². The molecule has 1 N–H and O–H groups in total. The minimum absolute atomic E-state index is 0.263. The fourth-order valence-electron chi connectivity index (χ4n) is 2.45. The summed E-state index contributed by atoms with van der Waals surface area (Å²) in [7, 11) is 0. The van der Waals surface area contributed by atoms with Crippen LogP contribution in [0.5, 0.6) is 0 Å². The van der Waals surface area contributed by atoms with Crippen molar-refractivity contribution in [3.8, 4) is 0 Å². The van der Waals surface area contributed by atoms with Gasteiger partial charge in [-0.05, 0) is 54.8 Å². The molecule has 2 aromatic rings. The molecule has 0 aliphatic heterocycles. The lowest BCUT2D eigenvalue weighted by Gasteiger charge is -2.19. The zero-order valence-electron chi connectivity index (χ0n) is 12.1. The molecular weight excluding hydrogens is 275 g/mol. The summed E-state index contributed by atoms with van der Waals surface area (Å²) in [5.74, 6) is -2.03. The van der Waals surface area contributed by atoms with Gasteiger partial charge < -0.3 is 5.32 Å². The second-order valence-electron chi connectivity index (χ2n) is 5.09. The van der Waals surface area contributed by atoms with Gasteiger partial charge in [-0.3, -0.25) is 0 Å². The van der Waals surface area contributed by atoms with Crippen LogP contribution in [0.4, 0.5) is 13.2 Å². The number of benzene rings is 2. The highest BCUT2D eigenvalue weighted by atomic mass is 19.2. The molecule has 2 rings (SSSR count). The summed E-state index contributed by atoms with van der Waals surface area (Å²) >= 11 is 0. The molecule has 1 unspecified atom stereocenters. The molecule has 0 spiro atoms. The molecule has 2 aromatic carbocycles. The predicted octanol–water partition coefficient (Wildman–Crippen LogP) is 4.31. The predicted molar refractivity (Wildman–Crippen MR) is 77.6 cm³/mol. The standard InChI is InChI=1S/C17H18F3N/c1-3-21-16(13-7-11(2)8-14(18)9-13)10-12-5-4-6-15(19)17(12)20/h4-9,16,21H,3,10H2,1-2H3. The summed E-state index contributed by atoms with van der Waals surface area (Å²) in [4.78, 5) is 0. The topological polar surface area (TPSA) is 12.0 Å². The highest BCUT2D eigenvalue weighted by molar-refractivity contribution is 5.29. The molecule has 0 amide bonds. The Morgan fingerprint density at radius 2 is 1.86 bits per heavy atom. The van der Waals surface area contributed by atoms with E-state index in [0.29, 0.717) is 6.54 Å². The van der Waals surface area contributed by atoms with Gasteiger partial charge >= 0.3 is 0 Å². The Morgan fingerprint density at radius 1 is 1.10 bits per heavy atom. The molecule has 0 radical (unpaired) electrons. The summed E-state index contributed by atoms with van der Waals surface area (Å²) in [5, 5.41) is 3.19. The minimum atomic E-state index is -0.863. The Labute approximate surface area is 122 Å². The van der Waals surface area contributed by atoms with Crippen LogP contribution in [-0.2, 0) is 6.42 Å². The lowest BCUT2D eigenvalue weighted by molar-refractivity contribution is 0.480. The second-order valence-corrected chi connectivity index (χ2v) is 5.09. The Bertz CT molecular complexity index is 605. The highest BCUT2D eigenvalue weighted by Crippen LogP contribution is 2.23. The number of likely N-dealkylation sites (N-methyl/N-ethyl adjacent to an activating group) is 1. The Morgan fingerprint density at radius 3 is 2.52 bits per heavy atom. The molecule has 0 saturated heterocycles. The first kappa shape index (κ1) is 15.6. The lowest BCUT2D eigenvalue weighted by Crippen LogP contribution is -2.23. The summed E-state index contributed by atoms with van der Waals surface area (Å²) in [6, 6.07) is 8.58. The molecule has 0 fully saturated rings. The molecule has 0 bridgehead atoms. The van der Waals surface area contributed by atoms with E-state index >= 15 is 0 Å². The van der Waals surface area contributed by atoms with Crippen LogP contribution in [0.3, 0.4) is 0 Å². The third-order valence-electron chi connectivity index (χ3n) is 3.37. The van der Waals surface area contributed by atoms with Gasteiger partial charge in [-0.2, -0.15) is 0 Å². The van der Waals surface area contributed by atoms with Crippen LogP contribution in [0.1, 0.15) is 29.7 Å². The van der Waals surface area contributed by atoms with E-state index in [-0.39, 0.29) is 23.8 Å². The Hall–Kier alpha value is -1.81. The maximum atomic E-state index is 13.8. The molecule has 0 aliphatic carbocycles. The molecule has 21 heavy (non-hydrogen) atoms. The maximum absolute atomic E-state index is 13.8. The van der Waals surface area contributed by atoms with Crippen LogP contribution in [0.15, 0.2) is 36.4 Å². The van der Waals surface area contributed by atoms with Crippen LogP contribution in [0.2, 0.25) is 0 Å². The number of halogens is 3. The summed E-state index contributed by atoms with van der Waals surface area (Å²) < 4.78 is 40.6. The summed E-state index contributed by atoms with van der Waals surface area (Å²) in [6.45, 7) is 4.37. The fourth-order valence-corrected chi connectivity index (χ4v) is 2.45. The summed E-state index contributed by atoms with van der Waals surface area (Å²) in [6.07, 6.45) is 0.264. The second kappa shape index (κ2) is 6.76. The number of nitrogens with one attached hydrogen (secondary N) is 1. The van der Waals surface area contributed by atoms with Crippen molar-refractivity contribution >= 4 is 0 Å². The quantitative estimate of drug-likeness (QED) is 0.866. The van der Waals surface area contributed by atoms with Gasteiger partial charge in [0.2, 0.25) is 0 Å². The van der Waals surface area contributed by atoms with Crippen LogP contribution in [0, 0.1) is 24.4 Å². The smallest absolute Gasteiger partial charge is 0.162 e. The first-order valence-corrected chi connectivity index (χ1v) is 6.94. The van der Waals surface area contributed by atoms with Gasteiger partial charge in [0.15, 0.2) is 11.6 Å². The molecule has 0 heterocycles. The average molecular weight is 293 g/mol. The van der Waals surface area contributed by atoms with E-state index in [1.807, 2.05) is 13.0 Å². The molecule has 0 saturated carbocycles. The first-order valence-electron chi connectivity index (χ1n) is 6.94. The third kappa shape index (κ3) is 3.85. The van der Waals surface area contributed by atoms with Crippen molar-refractivity contribution in [1.29, 1.82) is 0 Å². The lowest BCUT2D eigenvalue weighted by atomic mass is 9.97. The van der Waals surface area contributed by atoms with E-state index in [1.165, 1.54) is 18.2 Å². The van der Waals surface area contributed by atoms with E-state index in [2.05, 4.69) is 5.32 Å². The van der Waals surface area contributed by atoms with E-state index in [1.54, 1.807) is 13.0 Å². The number of hydrogen-bond acceptors (Lipinski definition) is 1. The third-order valence-corrected chi connectivity index (χ3v) is 3.37. The van der Waals surface area contributed by atoms with Gasteiger partial charge in [0, 0.05) is 6.04 Å². The zero-order valence-corrected chi connectivity index (χ0v) is 12.1. The first-order chi connectivity index (χ1) is 10.0. The van der Waals surface area contributed by atoms with Crippen molar-refractivity contribution in [3.63, 3.8) is 0 Å². The van der Waals surface area contributed by atoms with E-state index in [9.17, 15) is 13.2 Å². The molecular formula is C17H18F3N. The van der Waals surface area contributed by atoms with E-state index in [4.69, 9.17) is 0 Å².